The van der Waals surface area contributed by atoms with Crippen LogP contribution in [0.4, 0.5) is 0 Å². The Balaban J connectivity index is 2.48. The summed E-state index contributed by atoms with van der Waals surface area (Å²) in [5.74, 6) is 1.07. The number of carboxylic acids is 1. The summed E-state index contributed by atoms with van der Waals surface area (Å²) in [7, 11) is 0. The third kappa shape index (κ3) is 6.29. The van der Waals surface area contributed by atoms with Crippen molar-refractivity contribution in [1.82, 2.24) is 10.6 Å². The molecule has 1 amide bonds. The summed E-state index contributed by atoms with van der Waals surface area (Å²) >= 11 is 1.84. The number of aliphatic carboxylic acids is 1. The van der Waals surface area contributed by atoms with Gasteiger partial charge >= 0.3 is 5.97 Å². The highest BCUT2D eigenvalue weighted by molar-refractivity contribution is 7.99. The van der Waals surface area contributed by atoms with Crippen LogP contribution in [0.3, 0.4) is 0 Å². The average molecular weight is 288 g/mol. The van der Waals surface area contributed by atoms with E-state index >= 15 is 0 Å². The molecule has 0 aliphatic carbocycles. The first-order chi connectivity index (χ1) is 8.79. The maximum atomic E-state index is 12.0. The molecule has 0 saturated carbocycles. The van der Waals surface area contributed by atoms with E-state index in [0.29, 0.717) is 6.42 Å². The summed E-state index contributed by atoms with van der Waals surface area (Å²) in [5, 5.41) is 15.1. The molecule has 1 rings (SSSR count). The van der Waals surface area contributed by atoms with Crippen LogP contribution in [0.25, 0.3) is 0 Å². The summed E-state index contributed by atoms with van der Waals surface area (Å²) < 4.78 is 0. The molecule has 0 aromatic heterocycles. The molecule has 0 radical (unpaired) electrons. The van der Waals surface area contributed by atoms with Crippen molar-refractivity contribution in [3.63, 3.8) is 0 Å². The van der Waals surface area contributed by atoms with Crippen LogP contribution in [0.5, 0.6) is 0 Å². The van der Waals surface area contributed by atoms with Crippen molar-refractivity contribution in [3.05, 3.63) is 0 Å². The molecule has 5 nitrogen and oxygen atoms in total. The van der Waals surface area contributed by atoms with Gasteiger partial charge in [-0.2, -0.15) is 11.8 Å². The molecular formula is C13H24N2O3S. The van der Waals surface area contributed by atoms with Crippen molar-refractivity contribution < 1.29 is 14.7 Å². The zero-order chi connectivity index (χ0) is 14.5. The third-order valence-electron chi connectivity index (χ3n) is 3.19. The highest BCUT2D eigenvalue weighted by atomic mass is 32.2. The SMILES string of the molecule is CC(C)(C)C(CC(=O)O)NC(=O)CC1CSCCN1. The van der Waals surface area contributed by atoms with Crippen molar-refractivity contribution in [3.8, 4) is 0 Å². The average Bonchev–Trinajstić information content (AvgIpc) is 2.27. The van der Waals surface area contributed by atoms with Crippen LogP contribution >= 0.6 is 11.8 Å². The van der Waals surface area contributed by atoms with E-state index in [0.717, 1.165) is 18.1 Å². The predicted octanol–water partition coefficient (Wildman–Crippen LogP) is 1.09. The van der Waals surface area contributed by atoms with Gasteiger partial charge in [0.2, 0.25) is 5.91 Å². The topological polar surface area (TPSA) is 78.4 Å². The first kappa shape index (κ1) is 16.3. The van der Waals surface area contributed by atoms with Gasteiger partial charge in [-0.1, -0.05) is 20.8 Å². The van der Waals surface area contributed by atoms with Crippen LogP contribution in [0, 0.1) is 5.41 Å². The van der Waals surface area contributed by atoms with Crippen molar-refractivity contribution in [2.45, 2.75) is 45.7 Å². The summed E-state index contributed by atoms with van der Waals surface area (Å²) in [4.78, 5) is 22.9. The molecule has 2 unspecified atom stereocenters. The van der Waals surface area contributed by atoms with Gasteiger partial charge in [-0.05, 0) is 5.41 Å². The zero-order valence-electron chi connectivity index (χ0n) is 11.9. The molecule has 1 saturated heterocycles. The summed E-state index contributed by atoms with van der Waals surface area (Å²) in [6.45, 7) is 6.75. The van der Waals surface area contributed by atoms with Crippen molar-refractivity contribution in [2.75, 3.05) is 18.1 Å². The fourth-order valence-electron chi connectivity index (χ4n) is 1.98. The molecule has 110 valence electrons. The fourth-order valence-corrected chi connectivity index (χ4v) is 2.93. The van der Waals surface area contributed by atoms with E-state index in [1.165, 1.54) is 0 Å². The van der Waals surface area contributed by atoms with Crippen molar-refractivity contribution >= 4 is 23.6 Å². The molecule has 0 bridgehead atoms. The maximum absolute atomic E-state index is 12.0. The lowest BCUT2D eigenvalue weighted by molar-refractivity contribution is -0.138. The highest BCUT2D eigenvalue weighted by Crippen LogP contribution is 2.22. The molecule has 0 aromatic rings. The van der Waals surface area contributed by atoms with Crippen LogP contribution in [-0.2, 0) is 9.59 Å². The molecule has 1 fully saturated rings. The Morgan fingerprint density at radius 1 is 1.47 bits per heavy atom. The first-order valence-corrected chi connectivity index (χ1v) is 7.77. The minimum absolute atomic E-state index is 0.0396. The Hall–Kier alpha value is -0.750. The molecule has 6 heteroatoms. The second-order valence-corrected chi connectivity index (χ2v) is 7.16. The Morgan fingerprint density at radius 2 is 2.16 bits per heavy atom. The molecular weight excluding hydrogens is 264 g/mol. The Bertz CT molecular complexity index is 322. The Labute approximate surface area is 118 Å². The van der Waals surface area contributed by atoms with Crippen molar-refractivity contribution in [1.29, 1.82) is 0 Å². The lowest BCUT2D eigenvalue weighted by atomic mass is 9.84. The minimum Gasteiger partial charge on any atom is -0.481 e. The monoisotopic (exact) mass is 288 g/mol. The largest absolute Gasteiger partial charge is 0.481 e. The predicted molar refractivity (Wildman–Crippen MR) is 77.4 cm³/mol. The minimum atomic E-state index is -0.883. The van der Waals surface area contributed by atoms with E-state index in [-0.39, 0.29) is 29.8 Å². The number of hydrogen-bond donors (Lipinski definition) is 3. The summed E-state index contributed by atoms with van der Waals surface area (Å²) in [6, 6.07) is -0.141. The van der Waals surface area contributed by atoms with Crippen LogP contribution in [0.15, 0.2) is 0 Å². The quantitative estimate of drug-likeness (QED) is 0.706. The van der Waals surface area contributed by atoms with Gasteiger partial charge in [-0.15, -0.1) is 0 Å². The molecule has 2 atom stereocenters. The second kappa shape index (κ2) is 7.14. The van der Waals surface area contributed by atoms with Gasteiger partial charge in [0.15, 0.2) is 0 Å². The molecule has 0 spiro atoms. The molecule has 0 aromatic carbocycles. The van der Waals surface area contributed by atoms with Gasteiger partial charge in [0.05, 0.1) is 6.42 Å². The smallest absolute Gasteiger partial charge is 0.305 e. The van der Waals surface area contributed by atoms with Gasteiger partial charge in [0.25, 0.3) is 0 Å². The molecule has 1 aliphatic rings. The number of rotatable bonds is 5. The van der Waals surface area contributed by atoms with Gasteiger partial charge in [0, 0.05) is 36.6 Å². The van der Waals surface area contributed by atoms with Gasteiger partial charge in [-0.25, -0.2) is 0 Å². The van der Waals surface area contributed by atoms with Crippen LogP contribution in [-0.4, -0.2) is 47.1 Å². The Morgan fingerprint density at radius 3 is 2.63 bits per heavy atom. The first-order valence-electron chi connectivity index (χ1n) is 6.61. The molecule has 1 heterocycles. The highest BCUT2D eigenvalue weighted by Gasteiger charge is 2.29. The fraction of sp³-hybridized carbons (Fsp3) is 0.846. The molecule has 3 N–H and O–H groups in total. The van der Waals surface area contributed by atoms with E-state index in [1.807, 2.05) is 32.5 Å². The number of amides is 1. The van der Waals surface area contributed by atoms with E-state index in [4.69, 9.17) is 5.11 Å². The van der Waals surface area contributed by atoms with E-state index < -0.39 is 5.97 Å². The van der Waals surface area contributed by atoms with Crippen LogP contribution in [0.2, 0.25) is 0 Å². The summed E-state index contributed by atoms with van der Waals surface area (Å²) in [6.07, 6.45) is 0.376. The molecule has 19 heavy (non-hydrogen) atoms. The zero-order valence-corrected chi connectivity index (χ0v) is 12.7. The number of carbonyl (C=O) groups excluding carboxylic acids is 1. The Kier molecular flexibility index (Phi) is 6.13. The van der Waals surface area contributed by atoms with Crippen LogP contribution in [0.1, 0.15) is 33.6 Å². The number of hydrogen-bond acceptors (Lipinski definition) is 4. The maximum Gasteiger partial charge on any atom is 0.305 e. The van der Waals surface area contributed by atoms with Gasteiger partial charge in [-0.3, -0.25) is 9.59 Å². The third-order valence-corrected chi connectivity index (χ3v) is 4.32. The van der Waals surface area contributed by atoms with E-state index in [2.05, 4.69) is 10.6 Å². The summed E-state index contributed by atoms with van der Waals surface area (Å²) in [5.41, 5.74) is -0.261. The standard InChI is InChI=1S/C13H24N2O3S/c1-13(2,3)10(7-12(17)18)15-11(16)6-9-8-19-5-4-14-9/h9-10,14H,4-8H2,1-3H3,(H,15,16)(H,17,18). The lowest BCUT2D eigenvalue weighted by Crippen LogP contribution is -2.48. The second-order valence-electron chi connectivity index (χ2n) is 6.01. The molecule has 1 aliphatic heterocycles. The number of carbonyl (C=O) groups is 2. The van der Waals surface area contributed by atoms with Crippen molar-refractivity contribution in [2.24, 2.45) is 5.41 Å². The number of thioether (sulfide) groups is 1. The number of carboxylic acid groups (broad SMARTS) is 1. The number of nitrogens with one attached hydrogen (secondary N) is 2. The van der Waals surface area contributed by atoms with E-state index in [9.17, 15) is 9.59 Å². The van der Waals surface area contributed by atoms with Gasteiger partial charge in [0.1, 0.15) is 0 Å². The normalized spacial score (nSPS) is 21.7. The van der Waals surface area contributed by atoms with E-state index in [1.54, 1.807) is 0 Å². The van der Waals surface area contributed by atoms with Crippen LogP contribution < -0.4 is 10.6 Å². The lowest BCUT2D eigenvalue weighted by Gasteiger charge is -2.31. The van der Waals surface area contributed by atoms with Gasteiger partial charge < -0.3 is 15.7 Å².